The Labute approximate surface area is 189 Å². The summed E-state index contributed by atoms with van der Waals surface area (Å²) >= 11 is 0. The highest BCUT2D eigenvalue weighted by atomic mass is 16.2. The van der Waals surface area contributed by atoms with E-state index in [9.17, 15) is 14.4 Å². The highest BCUT2D eigenvalue weighted by Crippen LogP contribution is 2.36. The van der Waals surface area contributed by atoms with E-state index in [4.69, 9.17) is 0 Å². The lowest BCUT2D eigenvalue weighted by atomic mass is 9.78. The smallest absolute Gasteiger partial charge is 0.256 e. The van der Waals surface area contributed by atoms with Gasteiger partial charge in [-0.1, -0.05) is 12.8 Å². The van der Waals surface area contributed by atoms with Gasteiger partial charge in [0, 0.05) is 38.2 Å². The Kier molecular flexibility index (Phi) is 5.55. The fourth-order valence-corrected chi connectivity index (χ4v) is 6.19. The second kappa shape index (κ2) is 8.37. The number of rotatable bonds is 2. The fraction of sp³-hybridized carbons (Fsp3) is 0.667. The number of anilines is 1. The molecule has 32 heavy (non-hydrogen) atoms. The van der Waals surface area contributed by atoms with E-state index in [2.05, 4.69) is 20.5 Å². The van der Waals surface area contributed by atoms with Crippen LogP contribution in [0.15, 0.2) is 18.3 Å². The molecular formula is C24H33N5O3. The summed E-state index contributed by atoms with van der Waals surface area (Å²) in [6.45, 7) is 3.09. The maximum Gasteiger partial charge on any atom is 0.256 e. The van der Waals surface area contributed by atoms with Crippen LogP contribution in [0.1, 0.15) is 75.1 Å². The standard InChI is InChI=1S/C24H33N5O3/c1-16(23(32)29-14-5-7-17-6-2-3-9-19(17)29)28-15-12-24(11-10-20(28)30)26-21-18(22(31)27-24)8-4-13-25-21/h4,8,13,16-17,19H,2-3,5-7,9-12,14-15H2,1H3,(H,25,26)(H,27,31). The molecule has 5 rings (SSSR count). The van der Waals surface area contributed by atoms with Crippen molar-refractivity contribution in [3.05, 3.63) is 23.9 Å². The number of aromatic nitrogens is 1. The van der Waals surface area contributed by atoms with Crippen molar-refractivity contribution in [1.29, 1.82) is 0 Å². The molecule has 0 aromatic carbocycles. The van der Waals surface area contributed by atoms with Gasteiger partial charge >= 0.3 is 0 Å². The van der Waals surface area contributed by atoms with E-state index in [-0.39, 0.29) is 24.1 Å². The monoisotopic (exact) mass is 439 g/mol. The summed E-state index contributed by atoms with van der Waals surface area (Å²) in [4.78, 5) is 47.4. The first-order valence-electron chi connectivity index (χ1n) is 12.1. The van der Waals surface area contributed by atoms with Gasteiger partial charge in [0.2, 0.25) is 11.8 Å². The molecule has 3 fully saturated rings. The van der Waals surface area contributed by atoms with Gasteiger partial charge in [0.15, 0.2) is 0 Å². The van der Waals surface area contributed by atoms with Gasteiger partial charge in [0.05, 0.1) is 5.56 Å². The molecule has 2 N–H and O–H groups in total. The number of piperidine rings is 1. The summed E-state index contributed by atoms with van der Waals surface area (Å²) < 4.78 is 0. The second-order valence-electron chi connectivity index (χ2n) is 9.86. The van der Waals surface area contributed by atoms with E-state index in [1.54, 1.807) is 23.2 Å². The summed E-state index contributed by atoms with van der Waals surface area (Å²) in [5, 5.41) is 6.45. The van der Waals surface area contributed by atoms with E-state index in [0.717, 1.165) is 19.4 Å². The van der Waals surface area contributed by atoms with Crippen LogP contribution in [0.2, 0.25) is 0 Å². The van der Waals surface area contributed by atoms with Crippen molar-refractivity contribution >= 4 is 23.5 Å². The minimum absolute atomic E-state index is 0.0252. The van der Waals surface area contributed by atoms with Crippen LogP contribution in [0.25, 0.3) is 0 Å². The molecular weight excluding hydrogens is 406 g/mol. The van der Waals surface area contributed by atoms with Crippen molar-refractivity contribution in [3.63, 3.8) is 0 Å². The Morgan fingerprint density at radius 3 is 2.81 bits per heavy atom. The molecule has 1 saturated carbocycles. The number of fused-ring (bicyclic) bond motifs is 2. The first-order valence-corrected chi connectivity index (χ1v) is 12.1. The Morgan fingerprint density at radius 2 is 1.94 bits per heavy atom. The topological polar surface area (TPSA) is 94.6 Å². The second-order valence-corrected chi connectivity index (χ2v) is 9.86. The van der Waals surface area contributed by atoms with Gasteiger partial charge in [-0.05, 0) is 57.1 Å². The maximum atomic E-state index is 13.5. The molecule has 0 radical (unpaired) electrons. The Bertz CT molecular complexity index is 919. The number of amides is 3. The van der Waals surface area contributed by atoms with Gasteiger partial charge in [0.25, 0.3) is 5.91 Å². The third-order valence-electron chi connectivity index (χ3n) is 7.98. The molecule has 2 saturated heterocycles. The SMILES string of the molecule is CC(C(=O)N1CCCC2CCCCC21)N1CCC2(CCC1=O)NC(=O)c1cccnc1N2. The van der Waals surface area contributed by atoms with Crippen LogP contribution in [0.3, 0.4) is 0 Å². The summed E-state index contributed by atoms with van der Waals surface area (Å²) in [7, 11) is 0. The van der Waals surface area contributed by atoms with E-state index in [0.29, 0.717) is 42.7 Å². The minimum atomic E-state index is -0.717. The number of likely N-dealkylation sites (tertiary alicyclic amines) is 2. The van der Waals surface area contributed by atoms with E-state index in [1.807, 2.05) is 6.92 Å². The average Bonchev–Trinajstić information content (AvgIpc) is 2.96. The largest absolute Gasteiger partial charge is 0.347 e. The van der Waals surface area contributed by atoms with Gasteiger partial charge in [-0.2, -0.15) is 0 Å². The Hall–Kier alpha value is -2.64. The van der Waals surface area contributed by atoms with Gasteiger partial charge < -0.3 is 20.4 Å². The van der Waals surface area contributed by atoms with Crippen molar-refractivity contribution in [2.75, 3.05) is 18.4 Å². The predicted molar refractivity (Wildman–Crippen MR) is 120 cm³/mol. The third-order valence-corrected chi connectivity index (χ3v) is 7.98. The normalized spacial score (nSPS) is 31.2. The number of carbonyl (C=O) groups is 3. The number of nitrogens with zero attached hydrogens (tertiary/aromatic N) is 3. The lowest BCUT2D eigenvalue weighted by Crippen LogP contribution is -2.58. The Morgan fingerprint density at radius 1 is 1.12 bits per heavy atom. The molecule has 1 aromatic rings. The molecule has 4 aliphatic rings. The van der Waals surface area contributed by atoms with Crippen LogP contribution < -0.4 is 10.6 Å². The van der Waals surface area contributed by atoms with Gasteiger partial charge in [-0.3, -0.25) is 14.4 Å². The van der Waals surface area contributed by atoms with E-state index >= 15 is 0 Å². The molecule has 4 heterocycles. The number of carbonyl (C=O) groups excluding carboxylic acids is 3. The van der Waals surface area contributed by atoms with Crippen molar-refractivity contribution in [2.24, 2.45) is 5.92 Å². The van der Waals surface area contributed by atoms with Crippen LogP contribution in [-0.4, -0.2) is 63.3 Å². The molecule has 8 nitrogen and oxygen atoms in total. The van der Waals surface area contributed by atoms with Gasteiger partial charge in [-0.15, -0.1) is 0 Å². The molecule has 172 valence electrons. The zero-order valence-electron chi connectivity index (χ0n) is 18.8. The van der Waals surface area contributed by atoms with Crippen molar-refractivity contribution in [2.45, 2.75) is 82.5 Å². The van der Waals surface area contributed by atoms with Crippen LogP contribution in [-0.2, 0) is 9.59 Å². The fourth-order valence-electron chi connectivity index (χ4n) is 6.19. The van der Waals surface area contributed by atoms with E-state index < -0.39 is 11.7 Å². The molecule has 4 unspecified atom stereocenters. The first-order chi connectivity index (χ1) is 15.5. The van der Waals surface area contributed by atoms with Crippen molar-refractivity contribution < 1.29 is 14.4 Å². The number of hydrogen-bond acceptors (Lipinski definition) is 5. The molecule has 1 spiro atoms. The molecule has 3 amide bonds. The number of nitrogens with one attached hydrogen (secondary N) is 2. The van der Waals surface area contributed by atoms with E-state index in [1.165, 1.54) is 25.7 Å². The highest BCUT2D eigenvalue weighted by Gasteiger charge is 2.44. The molecule has 4 atom stereocenters. The van der Waals surface area contributed by atoms with Crippen LogP contribution in [0, 0.1) is 5.92 Å². The number of pyridine rings is 1. The average molecular weight is 440 g/mol. The quantitative estimate of drug-likeness (QED) is 0.738. The summed E-state index contributed by atoms with van der Waals surface area (Å²) in [5.41, 5.74) is -0.202. The zero-order valence-corrected chi connectivity index (χ0v) is 18.8. The summed E-state index contributed by atoms with van der Waals surface area (Å²) in [5.74, 6) is 1.05. The maximum absolute atomic E-state index is 13.5. The van der Waals surface area contributed by atoms with Crippen molar-refractivity contribution in [3.8, 4) is 0 Å². The van der Waals surface area contributed by atoms with Gasteiger partial charge in [0.1, 0.15) is 17.5 Å². The zero-order chi connectivity index (χ0) is 22.3. The lowest BCUT2D eigenvalue weighted by Gasteiger charge is -2.46. The van der Waals surface area contributed by atoms with Crippen LogP contribution in [0.4, 0.5) is 5.82 Å². The highest BCUT2D eigenvalue weighted by molar-refractivity contribution is 6.01. The Balaban J connectivity index is 1.30. The first kappa shape index (κ1) is 21.2. The van der Waals surface area contributed by atoms with Crippen molar-refractivity contribution in [1.82, 2.24) is 20.1 Å². The lowest BCUT2D eigenvalue weighted by molar-refractivity contribution is -0.149. The number of hydrogen-bond donors (Lipinski definition) is 2. The molecule has 3 aliphatic heterocycles. The molecule has 8 heteroatoms. The minimum Gasteiger partial charge on any atom is -0.347 e. The third kappa shape index (κ3) is 3.73. The summed E-state index contributed by atoms with van der Waals surface area (Å²) in [6.07, 6.45) is 9.96. The summed E-state index contributed by atoms with van der Waals surface area (Å²) in [6, 6.07) is 3.33. The molecule has 1 aromatic heterocycles. The van der Waals surface area contributed by atoms with Crippen LogP contribution in [0.5, 0.6) is 0 Å². The van der Waals surface area contributed by atoms with Crippen LogP contribution >= 0.6 is 0 Å². The van der Waals surface area contributed by atoms with Gasteiger partial charge in [-0.25, -0.2) is 4.98 Å². The predicted octanol–water partition coefficient (Wildman–Crippen LogP) is 2.52. The molecule has 1 aliphatic carbocycles. The molecule has 0 bridgehead atoms.